The van der Waals surface area contributed by atoms with Crippen LogP contribution in [0.25, 0.3) is 10.9 Å². The number of aromatic hydroxyl groups is 1. The standard InChI is InChI=1S/C17H20N2O4/c1-17(2,3)23-16(22)19-9-13(18-15(21)10-4-5-10)12-8-11(20)6-7-14(12)19/h6-10,20H,4-5H2,1-3H3,(H,18,21). The van der Waals surface area contributed by atoms with Gasteiger partial charge in [-0.1, -0.05) is 0 Å². The van der Waals surface area contributed by atoms with Crippen LogP contribution >= 0.6 is 0 Å². The third-order valence-electron chi connectivity index (χ3n) is 3.58. The molecule has 1 amide bonds. The minimum atomic E-state index is -0.623. The van der Waals surface area contributed by atoms with Gasteiger partial charge in [0.2, 0.25) is 5.91 Å². The Bertz CT molecular complexity index is 782. The van der Waals surface area contributed by atoms with E-state index in [1.54, 1.807) is 33.0 Å². The second kappa shape index (κ2) is 5.30. The van der Waals surface area contributed by atoms with E-state index in [-0.39, 0.29) is 17.6 Å². The minimum absolute atomic E-state index is 0.0484. The number of phenols is 1. The third-order valence-corrected chi connectivity index (χ3v) is 3.58. The fourth-order valence-corrected chi connectivity index (χ4v) is 2.36. The number of carbonyl (C=O) groups is 2. The lowest BCUT2D eigenvalue weighted by molar-refractivity contribution is -0.117. The summed E-state index contributed by atoms with van der Waals surface area (Å²) in [6.07, 6.45) is 2.79. The topological polar surface area (TPSA) is 80.6 Å². The molecule has 1 aromatic heterocycles. The van der Waals surface area contributed by atoms with Crippen molar-refractivity contribution in [2.24, 2.45) is 5.92 Å². The van der Waals surface area contributed by atoms with Gasteiger partial charge in [0.1, 0.15) is 11.4 Å². The molecule has 6 nitrogen and oxygen atoms in total. The molecule has 0 radical (unpaired) electrons. The van der Waals surface area contributed by atoms with Crippen LogP contribution in [0.5, 0.6) is 5.75 Å². The summed E-state index contributed by atoms with van der Waals surface area (Å²) < 4.78 is 6.74. The molecule has 3 rings (SSSR count). The van der Waals surface area contributed by atoms with E-state index in [1.165, 1.54) is 16.7 Å². The molecule has 0 unspecified atom stereocenters. The molecule has 1 aliphatic carbocycles. The summed E-state index contributed by atoms with van der Waals surface area (Å²) in [6, 6.07) is 4.65. The first-order valence-electron chi connectivity index (χ1n) is 7.63. The number of aromatic nitrogens is 1. The van der Waals surface area contributed by atoms with Gasteiger partial charge < -0.3 is 15.2 Å². The Morgan fingerprint density at radius 3 is 2.61 bits per heavy atom. The number of phenolic OH excluding ortho intramolecular Hbond substituents is 1. The zero-order valence-electron chi connectivity index (χ0n) is 13.4. The van der Waals surface area contributed by atoms with E-state index in [9.17, 15) is 14.7 Å². The fraction of sp³-hybridized carbons (Fsp3) is 0.412. The number of anilines is 1. The highest BCUT2D eigenvalue weighted by Crippen LogP contribution is 2.34. The molecule has 1 heterocycles. The van der Waals surface area contributed by atoms with Crippen LogP contribution in [-0.4, -0.2) is 27.3 Å². The lowest BCUT2D eigenvalue weighted by Crippen LogP contribution is -2.26. The monoisotopic (exact) mass is 316 g/mol. The normalized spacial score (nSPS) is 14.7. The van der Waals surface area contributed by atoms with Gasteiger partial charge >= 0.3 is 6.09 Å². The zero-order valence-corrected chi connectivity index (χ0v) is 13.4. The number of carbonyl (C=O) groups excluding carboxylic acids is 2. The first kappa shape index (κ1) is 15.4. The smallest absolute Gasteiger partial charge is 0.419 e. The van der Waals surface area contributed by atoms with Crippen LogP contribution in [0, 0.1) is 5.92 Å². The van der Waals surface area contributed by atoms with Crippen molar-refractivity contribution in [2.45, 2.75) is 39.2 Å². The number of hydrogen-bond acceptors (Lipinski definition) is 4. The minimum Gasteiger partial charge on any atom is -0.508 e. The van der Waals surface area contributed by atoms with Gasteiger partial charge in [0.25, 0.3) is 0 Å². The number of ether oxygens (including phenoxy) is 1. The molecular weight excluding hydrogens is 296 g/mol. The van der Waals surface area contributed by atoms with Crippen LogP contribution < -0.4 is 5.32 Å². The summed E-state index contributed by atoms with van der Waals surface area (Å²) in [7, 11) is 0. The Morgan fingerprint density at radius 2 is 2.00 bits per heavy atom. The SMILES string of the molecule is CC(C)(C)OC(=O)n1cc(NC(=O)C2CC2)c2cc(O)ccc21. The number of benzene rings is 1. The van der Waals surface area contributed by atoms with Crippen molar-refractivity contribution in [3.63, 3.8) is 0 Å². The first-order chi connectivity index (χ1) is 10.7. The second-order valence-electron chi connectivity index (χ2n) is 6.86. The van der Waals surface area contributed by atoms with Gasteiger partial charge in [0.05, 0.1) is 11.2 Å². The van der Waals surface area contributed by atoms with Crippen molar-refractivity contribution >= 4 is 28.6 Å². The summed E-state index contributed by atoms with van der Waals surface area (Å²) in [5, 5.41) is 13.1. The molecule has 1 aromatic carbocycles. The Balaban J connectivity index is 2.00. The molecule has 1 fully saturated rings. The molecule has 1 aliphatic rings. The molecule has 2 aromatic rings. The number of amides is 1. The molecule has 0 bridgehead atoms. The summed E-state index contributed by atoms with van der Waals surface area (Å²) in [6.45, 7) is 5.37. The maximum atomic E-state index is 12.4. The van der Waals surface area contributed by atoms with Gasteiger partial charge in [0.15, 0.2) is 0 Å². The zero-order chi connectivity index (χ0) is 16.8. The Morgan fingerprint density at radius 1 is 1.30 bits per heavy atom. The van der Waals surface area contributed by atoms with E-state index in [4.69, 9.17) is 4.74 Å². The molecule has 0 aliphatic heterocycles. The fourth-order valence-electron chi connectivity index (χ4n) is 2.36. The summed E-state index contributed by atoms with van der Waals surface area (Å²) in [5.74, 6) is 0.0603. The lowest BCUT2D eigenvalue weighted by Gasteiger charge is -2.19. The van der Waals surface area contributed by atoms with Gasteiger partial charge in [-0.3, -0.25) is 9.36 Å². The van der Waals surface area contributed by atoms with E-state index in [0.29, 0.717) is 16.6 Å². The largest absolute Gasteiger partial charge is 0.508 e. The van der Waals surface area contributed by atoms with E-state index in [1.807, 2.05) is 0 Å². The van der Waals surface area contributed by atoms with Crippen molar-refractivity contribution in [1.82, 2.24) is 4.57 Å². The van der Waals surface area contributed by atoms with Gasteiger partial charge in [-0.2, -0.15) is 0 Å². The van der Waals surface area contributed by atoms with Crippen molar-refractivity contribution in [1.29, 1.82) is 0 Å². The number of rotatable bonds is 2. The number of nitrogens with one attached hydrogen (secondary N) is 1. The van der Waals surface area contributed by atoms with Crippen LogP contribution in [-0.2, 0) is 9.53 Å². The predicted octanol–water partition coefficient (Wildman–Crippen LogP) is 3.48. The molecule has 0 atom stereocenters. The Labute approximate surface area is 134 Å². The van der Waals surface area contributed by atoms with Gasteiger partial charge in [-0.25, -0.2) is 4.79 Å². The molecule has 1 saturated carbocycles. The van der Waals surface area contributed by atoms with E-state index < -0.39 is 11.7 Å². The maximum absolute atomic E-state index is 12.4. The average molecular weight is 316 g/mol. The molecule has 122 valence electrons. The number of hydrogen-bond donors (Lipinski definition) is 2. The quantitative estimate of drug-likeness (QED) is 0.889. The molecular formula is C17H20N2O4. The van der Waals surface area contributed by atoms with Gasteiger partial charge in [0, 0.05) is 17.5 Å². The number of fused-ring (bicyclic) bond motifs is 1. The van der Waals surface area contributed by atoms with Crippen LogP contribution in [0.1, 0.15) is 33.6 Å². The first-order valence-corrected chi connectivity index (χ1v) is 7.63. The third kappa shape index (κ3) is 3.31. The van der Waals surface area contributed by atoms with Gasteiger partial charge in [-0.05, 0) is 51.8 Å². The van der Waals surface area contributed by atoms with E-state index >= 15 is 0 Å². The second-order valence-corrected chi connectivity index (χ2v) is 6.86. The number of nitrogens with zero attached hydrogens (tertiary/aromatic N) is 1. The van der Waals surface area contributed by atoms with Crippen molar-refractivity contribution in [2.75, 3.05) is 5.32 Å². The van der Waals surface area contributed by atoms with Crippen molar-refractivity contribution in [3.8, 4) is 5.75 Å². The van der Waals surface area contributed by atoms with E-state index in [2.05, 4.69) is 5.32 Å². The Hall–Kier alpha value is -2.50. The maximum Gasteiger partial charge on any atom is 0.419 e. The highest BCUT2D eigenvalue weighted by molar-refractivity contribution is 6.06. The lowest BCUT2D eigenvalue weighted by atomic mass is 10.2. The molecule has 0 saturated heterocycles. The van der Waals surface area contributed by atoms with Crippen molar-refractivity contribution in [3.05, 3.63) is 24.4 Å². The average Bonchev–Trinajstić information content (AvgIpc) is 3.21. The highest BCUT2D eigenvalue weighted by Gasteiger charge is 2.30. The van der Waals surface area contributed by atoms with Crippen LogP contribution in [0.3, 0.4) is 0 Å². The van der Waals surface area contributed by atoms with Crippen LogP contribution in [0.2, 0.25) is 0 Å². The summed E-state index contributed by atoms with van der Waals surface area (Å²) in [4.78, 5) is 24.4. The van der Waals surface area contributed by atoms with E-state index in [0.717, 1.165) is 12.8 Å². The van der Waals surface area contributed by atoms with Crippen molar-refractivity contribution < 1.29 is 19.4 Å². The molecule has 6 heteroatoms. The molecule has 2 N–H and O–H groups in total. The molecule has 0 spiro atoms. The van der Waals surface area contributed by atoms with Gasteiger partial charge in [-0.15, -0.1) is 0 Å². The predicted molar refractivity (Wildman–Crippen MR) is 86.6 cm³/mol. The summed E-state index contributed by atoms with van der Waals surface area (Å²) >= 11 is 0. The molecule has 23 heavy (non-hydrogen) atoms. The highest BCUT2D eigenvalue weighted by atomic mass is 16.6. The van der Waals surface area contributed by atoms with Crippen LogP contribution in [0.15, 0.2) is 24.4 Å². The van der Waals surface area contributed by atoms with Crippen LogP contribution in [0.4, 0.5) is 10.5 Å². The Kier molecular flexibility index (Phi) is 3.55. The summed E-state index contributed by atoms with van der Waals surface area (Å²) in [5.41, 5.74) is 0.448.